The second-order valence-electron chi connectivity index (χ2n) is 6.15. The average Bonchev–Trinajstić information content (AvgIpc) is 2.53. The summed E-state index contributed by atoms with van der Waals surface area (Å²) in [7, 11) is 0. The molecular formula is C17H24ClNO2. The maximum absolute atomic E-state index is 10.3. The molecule has 1 aromatic rings. The monoisotopic (exact) mass is 309 g/mol. The van der Waals surface area contributed by atoms with Crippen LogP contribution < -0.4 is 0 Å². The standard InChI is InChI=1S/C17H24ClNO2/c18-14-7-5-13(6-8-14)16(20)9-10-19-11-12-21-17-4-2-1-3-15(17)19/h5-8,15-17,20H,1-4,9-12H2. The minimum absolute atomic E-state index is 0.410. The summed E-state index contributed by atoms with van der Waals surface area (Å²) in [6, 6.07) is 8.06. The summed E-state index contributed by atoms with van der Waals surface area (Å²) < 4.78 is 5.90. The molecule has 3 nitrogen and oxygen atoms in total. The molecule has 1 aromatic carbocycles. The van der Waals surface area contributed by atoms with Crippen molar-refractivity contribution in [2.24, 2.45) is 0 Å². The van der Waals surface area contributed by atoms with Gasteiger partial charge in [-0.05, 0) is 37.0 Å². The molecule has 3 unspecified atom stereocenters. The molecule has 4 heteroatoms. The quantitative estimate of drug-likeness (QED) is 0.925. The van der Waals surface area contributed by atoms with E-state index in [0.29, 0.717) is 17.2 Å². The number of ether oxygens (including phenoxy) is 1. The Labute approximate surface area is 131 Å². The van der Waals surface area contributed by atoms with Crippen LogP contribution in [-0.4, -0.2) is 41.8 Å². The molecule has 21 heavy (non-hydrogen) atoms. The van der Waals surface area contributed by atoms with Gasteiger partial charge in [0.25, 0.3) is 0 Å². The molecule has 2 fully saturated rings. The average molecular weight is 310 g/mol. The van der Waals surface area contributed by atoms with Crippen LogP contribution in [0.4, 0.5) is 0 Å². The van der Waals surface area contributed by atoms with E-state index in [1.54, 1.807) is 0 Å². The number of nitrogens with zero attached hydrogens (tertiary/aromatic N) is 1. The van der Waals surface area contributed by atoms with Crippen molar-refractivity contribution in [2.45, 2.75) is 50.4 Å². The van der Waals surface area contributed by atoms with Gasteiger partial charge in [-0.15, -0.1) is 0 Å². The third-order valence-electron chi connectivity index (χ3n) is 4.79. The van der Waals surface area contributed by atoms with Crippen molar-refractivity contribution in [3.63, 3.8) is 0 Å². The minimum atomic E-state index is -0.410. The minimum Gasteiger partial charge on any atom is -0.388 e. The molecule has 0 bridgehead atoms. The molecule has 1 saturated heterocycles. The molecule has 1 aliphatic heterocycles. The zero-order chi connectivity index (χ0) is 14.7. The fraction of sp³-hybridized carbons (Fsp3) is 0.647. The Morgan fingerprint density at radius 2 is 2.00 bits per heavy atom. The van der Waals surface area contributed by atoms with Gasteiger partial charge in [-0.3, -0.25) is 4.90 Å². The number of benzene rings is 1. The lowest BCUT2D eigenvalue weighted by molar-refractivity contribution is -0.0904. The zero-order valence-corrected chi connectivity index (χ0v) is 13.1. The fourth-order valence-corrected chi connectivity index (χ4v) is 3.72. The smallest absolute Gasteiger partial charge is 0.0802 e. The van der Waals surface area contributed by atoms with E-state index in [4.69, 9.17) is 16.3 Å². The van der Waals surface area contributed by atoms with Crippen molar-refractivity contribution in [3.05, 3.63) is 34.9 Å². The van der Waals surface area contributed by atoms with Crippen LogP contribution in [0, 0.1) is 0 Å². The number of aliphatic hydroxyl groups is 1. The summed E-state index contributed by atoms with van der Waals surface area (Å²) in [5, 5.41) is 11.0. The van der Waals surface area contributed by atoms with E-state index in [-0.39, 0.29) is 0 Å². The summed E-state index contributed by atoms with van der Waals surface area (Å²) in [4.78, 5) is 2.52. The van der Waals surface area contributed by atoms with Crippen LogP contribution in [0.1, 0.15) is 43.8 Å². The van der Waals surface area contributed by atoms with E-state index in [0.717, 1.165) is 31.7 Å². The molecule has 1 saturated carbocycles. The maximum Gasteiger partial charge on any atom is 0.0802 e. The Hall–Kier alpha value is -0.610. The summed E-state index contributed by atoms with van der Waals surface area (Å²) in [6.45, 7) is 2.76. The molecule has 1 aliphatic carbocycles. The van der Waals surface area contributed by atoms with Gasteiger partial charge in [-0.25, -0.2) is 0 Å². The van der Waals surface area contributed by atoms with Crippen molar-refractivity contribution < 1.29 is 9.84 Å². The van der Waals surface area contributed by atoms with Crippen LogP contribution in [0.2, 0.25) is 5.02 Å². The van der Waals surface area contributed by atoms with Gasteiger partial charge in [0.15, 0.2) is 0 Å². The van der Waals surface area contributed by atoms with Crippen LogP contribution in [0.15, 0.2) is 24.3 Å². The van der Waals surface area contributed by atoms with Crippen LogP contribution in [0.3, 0.4) is 0 Å². The topological polar surface area (TPSA) is 32.7 Å². The Morgan fingerprint density at radius 1 is 1.24 bits per heavy atom. The second-order valence-corrected chi connectivity index (χ2v) is 6.59. The number of aliphatic hydroxyl groups excluding tert-OH is 1. The lowest BCUT2D eigenvalue weighted by atomic mass is 9.90. The molecular weight excluding hydrogens is 286 g/mol. The normalized spacial score (nSPS) is 28.1. The molecule has 116 valence electrons. The van der Waals surface area contributed by atoms with Gasteiger partial charge >= 0.3 is 0 Å². The Balaban J connectivity index is 1.55. The van der Waals surface area contributed by atoms with Gasteiger partial charge < -0.3 is 9.84 Å². The van der Waals surface area contributed by atoms with Crippen LogP contribution in [-0.2, 0) is 4.74 Å². The van der Waals surface area contributed by atoms with Gasteiger partial charge in [0.05, 0.1) is 18.8 Å². The van der Waals surface area contributed by atoms with Crippen molar-refractivity contribution in [1.29, 1.82) is 0 Å². The summed E-state index contributed by atoms with van der Waals surface area (Å²) >= 11 is 5.89. The van der Waals surface area contributed by atoms with Crippen LogP contribution in [0.25, 0.3) is 0 Å². The Kier molecular flexibility index (Phi) is 5.17. The largest absolute Gasteiger partial charge is 0.388 e. The highest BCUT2D eigenvalue weighted by Crippen LogP contribution is 2.29. The highest BCUT2D eigenvalue weighted by Gasteiger charge is 2.33. The molecule has 2 aliphatic rings. The van der Waals surface area contributed by atoms with Crippen LogP contribution >= 0.6 is 11.6 Å². The number of halogens is 1. The van der Waals surface area contributed by atoms with E-state index in [1.165, 1.54) is 25.7 Å². The Morgan fingerprint density at radius 3 is 2.81 bits per heavy atom. The van der Waals surface area contributed by atoms with Gasteiger partial charge in [0.1, 0.15) is 0 Å². The van der Waals surface area contributed by atoms with E-state index in [2.05, 4.69) is 4.90 Å². The first-order valence-electron chi connectivity index (χ1n) is 8.03. The highest BCUT2D eigenvalue weighted by atomic mass is 35.5. The van der Waals surface area contributed by atoms with Crippen molar-refractivity contribution in [1.82, 2.24) is 4.90 Å². The van der Waals surface area contributed by atoms with E-state index in [9.17, 15) is 5.11 Å². The highest BCUT2D eigenvalue weighted by molar-refractivity contribution is 6.30. The maximum atomic E-state index is 10.3. The molecule has 0 radical (unpaired) electrons. The number of hydrogen-bond donors (Lipinski definition) is 1. The molecule has 1 heterocycles. The van der Waals surface area contributed by atoms with Crippen LogP contribution in [0.5, 0.6) is 0 Å². The number of morpholine rings is 1. The third-order valence-corrected chi connectivity index (χ3v) is 5.04. The van der Waals surface area contributed by atoms with Crippen molar-refractivity contribution in [2.75, 3.05) is 19.7 Å². The molecule has 0 amide bonds. The Bertz CT molecular complexity index is 449. The first kappa shape index (κ1) is 15.3. The molecule has 3 rings (SSSR count). The summed E-state index contributed by atoms with van der Waals surface area (Å²) in [5.74, 6) is 0. The summed E-state index contributed by atoms with van der Waals surface area (Å²) in [6.07, 6.45) is 5.81. The van der Waals surface area contributed by atoms with Gasteiger partial charge in [-0.1, -0.05) is 36.6 Å². The molecule has 1 N–H and O–H groups in total. The first-order chi connectivity index (χ1) is 10.2. The second kappa shape index (κ2) is 7.10. The molecule has 3 atom stereocenters. The first-order valence-corrected chi connectivity index (χ1v) is 8.41. The predicted molar refractivity (Wildman–Crippen MR) is 84.6 cm³/mol. The lowest BCUT2D eigenvalue weighted by Gasteiger charge is -2.44. The number of hydrogen-bond acceptors (Lipinski definition) is 3. The van der Waals surface area contributed by atoms with E-state index < -0.39 is 6.10 Å². The van der Waals surface area contributed by atoms with E-state index >= 15 is 0 Å². The van der Waals surface area contributed by atoms with Crippen molar-refractivity contribution >= 4 is 11.6 Å². The predicted octanol–water partition coefficient (Wildman–Crippen LogP) is 3.41. The summed E-state index contributed by atoms with van der Waals surface area (Å²) in [5.41, 5.74) is 0.952. The number of fused-ring (bicyclic) bond motifs is 1. The molecule has 0 spiro atoms. The third kappa shape index (κ3) is 3.78. The zero-order valence-electron chi connectivity index (χ0n) is 12.4. The van der Waals surface area contributed by atoms with E-state index in [1.807, 2.05) is 24.3 Å². The number of rotatable bonds is 4. The van der Waals surface area contributed by atoms with Gasteiger partial charge in [0, 0.05) is 24.2 Å². The lowest BCUT2D eigenvalue weighted by Crippen LogP contribution is -2.52. The van der Waals surface area contributed by atoms with Gasteiger partial charge in [0.2, 0.25) is 0 Å². The van der Waals surface area contributed by atoms with Crippen molar-refractivity contribution in [3.8, 4) is 0 Å². The fourth-order valence-electron chi connectivity index (χ4n) is 3.59. The van der Waals surface area contributed by atoms with Gasteiger partial charge in [-0.2, -0.15) is 0 Å². The SMILES string of the molecule is OC(CCN1CCOC2CCCCC21)c1ccc(Cl)cc1. The molecule has 0 aromatic heterocycles.